The third-order valence-corrected chi connectivity index (χ3v) is 5.78. The van der Waals surface area contributed by atoms with Crippen LogP contribution in [0.3, 0.4) is 0 Å². The van der Waals surface area contributed by atoms with Crippen molar-refractivity contribution in [1.82, 2.24) is 24.3 Å². The zero-order valence-corrected chi connectivity index (χ0v) is 19.4. The van der Waals surface area contributed by atoms with Gasteiger partial charge in [-0.1, -0.05) is 33.3 Å². The van der Waals surface area contributed by atoms with Crippen LogP contribution >= 0.6 is 0 Å². The fourth-order valence-corrected chi connectivity index (χ4v) is 4.16. The van der Waals surface area contributed by atoms with Crippen LogP contribution in [0, 0.1) is 5.41 Å². The van der Waals surface area contributed by atoms with Crippen molar-refractivity contribution in [3.63, 3.8) is 0 Å². The van der Waals surface area contributed by atoms with Crippen LogP contribution in [0.4, 0.5) is 29.1 Å². The summed E-state index contributed by atoms with van der Waals surface area (Å²) in [6.07, 6.45) is 8.95. The molecule has 2 N–H and O–H groups in total. The molecule has 0 saturated carbocycles. The van der Waals surface area contributed by atoms with Gasteiger partial charge in [-0.15, -0.1) is 0 Å². The fraction of sp³-hybridized carbons (Fsp3) is 0.360. The molecule has 5 heterocycles. The van der Waals surface area contributed by atoms with Crippen molar-refractivity contribution in [3.8, 4) is 0 Å². The second-order valence-electron chi connectivity index (χ2n) is 9.43. The van der Waals surface area contributed by atoms with Gasteiger partial charge in [-0.3, -0.25) is 0 Å². The molecule has 1 aliphatic rings. The minimum atomic E-state index is 0.299. The number of imidazole rings is 1. The summed E-state index contributed by atoms with van der Waals surface area (Å²) in [6.45, 7) is 8.67. The average Bonchev–Trinajstić information content (AvgIpc) is 3.24. The summed E-state index contributed by atoms with van der Waals surface area (Å²) in [4.78, 5) is 20.9. The van der Waals surface area contributed by atoms with Gasteiger partial charge in [0.25, 0.3) is 0 Å². The smallest absolute Gasteiger partial charge is 0.232 e. The number of anilines is 5. The molecule has 0 atom stereocenters. The third kappa shape index (κ3) is 4.89. The summed E-state index contributed by atoms with van der Waals surface area (Å²) in [6, 6.07) is 12.1. The second kappa shape index (κ2) is 8.69. The van der Waals surface area contributed by atoms with E-state index < -0.39 is 0 Å². The number of hydrogen-bond acceptors (Lipinski definition) is 7. The monoisotopic (exact) mass is 442 g/mol. The molecule has 170 valence electrons. The van der Waals surface area contributed by atoms with E-state index in [2.05, 4.69) is 47.4 Å². The molecule has 0 aromatic carbocycles. The van der Waals surface area contributed by atoms with Gasteiger partial charge in [0.1, 0.15) is 23.1 Å². The summed E-state index contributed by atoms with van der Waals surface area (Å²) in [5, 5.41) is 6.74. The van der Waals surface area contributed by atoms with Crippen molar-refractivity contribution < 1.29 is 0 Å². The predicted octanol–water partition coefficient (Wildman–Crippen LogP) is 5.20. The standard InChI is InChI=1S/C25H30N8/c1-4-5-7-18-8-6-9-20(27-18)29-24-30-21(15-23(31-24)33-16-25(2,3)17-33)28-19-10-12-32-13-11-26-22(32)14-19/h6,8-15H,4-5,7,16-17H2,1-3H3,(H2,27,28,29,30,31). The van der Waals surface area contributed by atoms with Crippen molar-refractivity contribution >= 4 is 34.7 Å². The average molecular weight is 443 g/mol. The maximum Gasteiger partial charge on any atom is 0.232 e. The van der Waals surface area contributed by atoms with E-state index >= 15 is 0 Å². The van der Waals surface area contributed by atoms with Gasteiger partial charge in [-0.2, -0.15) is 9.97 Å². The van der Waals surface area contributed by atoms with E-state index in [4.69, 9.17) is 15.0 Å². The van der Waals surface area contributed by atoms with E-state index in [1.54, 1.807) is 6.20 Å². The van der Waals surface area contributed by atoms with Gasteiger partial charge >= 0.3 is 0 Å². The molecule has 5 rings (SSSR count). The molecular formula is C25H30N8. The SMILES string of the molecule is CCCCc1cccc(Nc2nc(Nc3ccn4ccnc4c3)cc(N3CC(C)(C)C3)n2)n1. The molecule has 0 aliphatic carbocycles. The summed E-state index contributed by atoms with van der Waals surface area (Å²) >= 11 is 0. The Balaban J connectivity index is 1.42. The van der Waals surface area contributed by atoms with Crippen molar-refractivity contribution in [2.75, 3.05) is 28.6 Å². The molecule has 0 unspecified atom stereocenters. The largest absolute Gasteiger partial charge is 0.355 e. The van der Waals surface area contributed by atoms with E-state index in [1.807, 2.05) is 47.1 Å². The van der Waals surface area contributed by atoms with Crippen LogP contribution in [0.25, 0.3) is 5.65 Å². The normalized spacial score (nSPS) is 14.8. The minimum absolute atomic E-state index is 0.299. The van der Waals surface area contributed by atoms with E-state index in [0.29, 0.717) is 11.4 Å². The Morgan fingerprint density at radius 3 is 2.67 bits per heavy atom. The molecule has 4 aromatic rings. The molecule has 4 aromatic heterocycles. The van der Waals surface area contributed by atoms with Gasteiger partial charge in [0, 0.05) is 55.2 Å². The number of rotatable bonds is 8. The molecule has 8 heteroatoms. The van der Waals surface area contributed by atoms with Crippen LogP contribution in [0.1, 0.15) is 39.3 Å². The number of hydrogen-bond donors (Lipinski definition) is 2. The lowest BCUT2D eigenvalue weighted by Crippen LogP contribution is -2.53. The van der Waals surface area contributed by atoms with Gasteiger partial charge in [0.2, 0.25) is 5.95 Å². The van der Waals surface area contributed by atoms with Crippen molar-refractivity contribution in [1.29, 1.82) is 0 Å². The highest BCUT2D eigenvalue weighted by Gasteiger charge is 2.35. The number of aromatic nitrogens is 5. The van der Waals surface area contributed by atoms with Crippen LogP contribution < -0.4 is 15.5 Å². The maximum absolute atomic E-state index is 4.80. The summed E-state index contributed by atoms with van der Waals surface area (Å²) in [7, 11) is 0. The Hall–Kier alpha value is -3.68. The molecule has 8 nitrogen and oxygen atoms in total. The summed E-state index contributed by atoms with van der Waals surface area (Å²) in [5.74, 6) is 2.92. The number of nitrogens with one attached hydrogen (secondary N) is 2. The van der Waals surface area contributed by atoms with Gasteiger partial charge < -0.3 is 19.9 Å². The van der Waals surface area contributed by atoms with Gasteiger partial charge in [0.05, 0.1) is 0 Å². The van der Waals surface area contributed by atoms with Gasteiger partial charge in [-0.05, 0) is 36.5 Å². The topological polar surface area (TPSA) is 83.3 Å². The van der Waals surface area contributed by atoms with Gasteiger partial charge in [-0.25, -0.2) is 9.97 Å². The zero-order valence-electron chi connectivity index (χ0n) is 19.4. The molecule has 0 spiro atoms. The lowest BCUT2D eigenvalue weighted by molar-refractivity contribution is 0.274. The van der Waals surface area contributed by atoms with E-state index in [1.165, 1.54) is 0 Å². The Bertz CT molecular complexity index is 1250. The molecule has 1 fully saturated rings. The Kier molecular flexibility index (Phi) is 5.58. The lowest BCUT2D eigenvalue weighted by Gasteiger charge is -2.46. The van der Waals surface area contributed by atoms with Crippen LogP contribution in [-0.2, 0) is 6.42 Å². The minimum Gasteiger partial charge on any atom is -0.355 e. The van der Waals surface area contributed by atoms with Crippen molar-refractivity contribution in [3.05, 3.63) is 60.7 Å². The van der Waals surface area contributed by atoms with Crippen LogP contribution in [0.2, 0.25) is 0 Å². The maximum atomic E-state index is 4.80. The first-order chi connectivity index (χ1) is 16.0. The van der Waals surface area contributed by atoms with Crippen molar-refractivity contribution in [2.45, 2.75) is 40.0 Å². The van der Waals surface area contributed by atoms with Crippen LogP contribution in [-0.4, -0.2) is 37.4 Å². The molecule has 33 heavy (non-hydrogen) atoms. The predicted molar refractivity (Wildman–Crippen MR) is 133 cm³/mol. The number of aryl methyl sites for hydroxylation is 1. The molecule has 1 saturated heterocycles. The molecule has 0 amide bonds. The quantitative estimate of drug-likeness (QED) is 0.388. The number of fused-ring (bicyclic) bond motifs is 1. The first-order valence-electron chi connectivity index (χ1n) is 11.5. The highest BCUT2D eigenvalue weighted by molar-refractivity contribution is 5.66. The fourth-order valence-electron chi connectivity index (χ4n) is 4.16. The van der Waals surface area contributed by atoms with Crippen LogP contribution in [0.15, 0.2) is 55.0 Å². The first kappa shape index (κ1) is 21.2. The van der Waals surface area contributed by atoms with E-state index in [-0.39, 0.29) is 0 Å². The zero-order chi connectivity index (χ0) is 22.8. The molecular weight excluding hydrogens is 412 g/mol. The second-order valence-corrected chi connectivity index (χ2v) is 9.43. The van der Waals surface area contributed by atoms with E-state index in [0.717, 1.165) is 66.8 Å². The molecule has 0 radical (unpaired) electrons. The Labute approximate surface area is 194 Å². The Morgan fingerprint density at radius 2 is 1.85 bits per heavy atom. The number of unbranched alkanes of at least 4 members (excludes halogenated alkanes) is 1. The molecule has 1 aliphatic heterocycles. The highest BCUT2D eigenvalue weighted by atomic mass is 15.3. The number of pyridine rings is 2. The first-order valence-corrected chi connectivity index (χ1v) is 11.5. The van der Waals surface area contributed by atoms with Crippen molar-refractivity contribution in [2.24, 2.45) is 5.41 Å². The summed E-state index contributed by atoms with van der Waals surface area (Å²) in [5.41, 5.74) is 3.18. The highest BCUT2D eigenvalue weighted by Crippen LogP contribution is 2.34. The van der Waals surface area contributed by atoms with E-state index in [9.17, 15) is 0 Å². The lowest BCUT2D eigenvalue weighted by atomic mass is 9.84. The molecule has 0 bridgehead atoms. The summed E-state index contributed by atoms with van der Waals surface area (Å²) < 4.78 is 1.98. The Morgan fingerprint density at radius 1 is 0.970 bits per heavy atom. The van der Waals surface area contributed by atoms with Gasteiger partial charge in [0.15, 0.2) is 0 Å². The third-order valence-electron chi connectivity index (χ3n) is 5.78. The number of nitrogens with zero attached hydrogens (tertiary/aromatic N) is 6. The van der Waals surface area contributed by atoms with Crippen LogP contribution in [0.5, 0.6) is 0 Å².